The molecule has 1 aliphatic rings. The van der Waals surface area contributed by atoms with Gasteiger partial charge in [0.1, 0.15) is 0 Å². The number of nitrogens with zero attached hydrogens (tertiary/aromatic N) is 2. The van der Waals surface area contributed by atoms with E-state index in [0.717, 1.165) is 35.8 Å². The molecule has 3 aromatic rings. The van der Waals surface area contributed by atoms with E-state index in [4.69, 9.17) is 10.7 Å². The van der Waals surface area contributed by atoms with Gasteiger partial charge < -0.3 is 10.6 Å². The van der Waals surface area contributed by atoms with Gasteiger partial charge in [0.15, 0.2) is 0 Å². The molecular weight excluding hydrogens is 445 g/mol. The van der Waals surface area contributed by atoms with Crippen molar-refractivity contribution in [3.05, 3.63) is 95.6 Å². The lowest BCUT2D eigenvalue weighted by Crippen LogP contribution is -2.20. The average molecular weight is 472 g/mol. The van der Waals surface area contributed by atoms with Crippen LogP contribution in [0.15, 0.2) is 88.8 Å². The zero-order chi connectivity index (χ0) is 20.1. The third-order valence-corrected chi connectivity index (χ3v) is 6.16. The van der Waals surface area contributed by atoms with Crippen molar-refractivity contribution < 1.29 is 0 Å². The minimum Gasteiger partial charge on any atom is -0.399 e. The molecule has 0 spiro atoms. The van der Waals surface area contributed by atoms with Crippen LogP contribution in [0.3, 0.4) is 0 Å². The van der Waals surface area contributed by atoms with Crippen molar-refractivity contribution in [1.82, 2.24) is 0 Å². The number of aliphatic imine (C=N–C) groups is 1. The second-order valence-corrected chi connectivity index (χ2v) is 8.13. The largest absolute Gasteiger partial charge is 0.399 e. The van der Waals surface area contributed by atoms with Crippen molar-refractivity contribution >= 4 is 59.7 Å². The number of benzene rings is 3. The minimum absolute atomic E-state index is 0. The van der Waals surface area contributed by atoms with Gasteiger partial charge in [0.25, 0.3) is 0 Å². The maximum atomic E-state index is 6.08. The number of anilines is 2. The lowest BCUT2D eigenvalue weighted by molar-refractivity contribution is 0.897. The molecule has 0 fully saturated rings. The molecule has 3 nitrogen and oxygen atoms in total. The predicted molar refractivity (Wildman–Crippen MR) is 142 cm³/mol. The molecule has 0 atom stereocenters. The summed E-state index contributed by atoms with van der Waals surface area (Å²) >= 11 is 1.83. The minimum atomic E-state index is 0. The van der Waals surface area contributed by atoms with Crippen molar-refractivity contribution in [3.63, 3.8) is 0 Å². The van der Waals surface area contributed by atoms with Crippen LogP contribution in [-0.2, 0) is 5.75 Å². The normalized spacial score (nSPS) is 12.9. The summed E-state index contributed by atoms with van der Waals surface area (Å²) < 4.78 is 0. The topological polar surface area (TPSA) is 41.6 Å². The third-order valence-electron chi connectivity index (χ3n) is 5.00. The highest BCUT2D eigenvalue weighted by atomic mass is 35.5. The molecule has 0 amide bonds. The Morgan fingerprint density at radius 2 is 1.71 bits per heavy atom. The van der Waals surface area contributed by atoms with Gasteiger partial charge in [-0.15, -0.1) is 36.6 Å². The fraction of sp³-hybridized carbons (Fsp3) is 0.160. The van der Waals surface area contributed by atoms with Crippen LogP contribution in [0.4, 0.5) is 11.4 Å². The van der Waals surface area contributed by atoms with E-state index in [0.29, 0.717) is 0 Å². The zero-order valence-corrected chi connectivity index (χ0v) is 19.9. The summed E-state index contributed by atoms with van der Waals surface area (Å²) in [5, 5.41) is 0. The number of benzodiazepines with no additional fused rings is 1. The van der Waals surface area contributed by atoms with Crippen LogP contribution in [-0.4, -0.2) is 25.8 Å². The van der Waals surface area contributed by atoms with Gasteiger partial charge in [-0.1, -0.05) is 54.6 Å². The smallest absolute Gasteiger partial charge is 0.0668 e. The highest BCUT2D eigenvalue weighted by molar-refractivity contribution is 7.98. The Hall–Kier alpha value is -2.40. The summed E-state index contributed by atoms with van der Waals surface area (Å²) in [7, 11) is 2.12. The molecule has 0 bridgehead atoms. The van der Waals surface area contributed by atoms with E-state index in [1.54, 1.807) is 0 Å². The van der Waals surface area contributed by atoms with Crippen LogP contribution in [0.2, 0.25) is 0 Å². The van der Waals surface area contributed by atoms with Gasteiger partial charge in [-0.25, -0.2) is 0 Å². The Balaban J connectivity index is 0.00000171. The number of para-hydroxylation sites is 1. The molecule has 0 saturated heterocycles. The van der Waals surface area contributed by atoms with E-state index in [-0.39, 0.29) is 24.8 Å². The van der Waals surface area contributed by atoms with Crippen LogP contribution in [0.1, 0.15) is 16.7 Å². The Kier molecular flexibility index (Phi) is 9.50. The molecule has 0 saturated carbocycles. The van der Waals surface area contributed by atoms with Crippen molar-refractivity contribution in [1.29, 1.82) is 0 Å². The van der Waals surface area contributed by atoms with E-state index in [9.17, 15) is 0 Å². The fourth-order valence-electron chi connectivity index (χ4n) is 3.42. The molecule has 0 unspecified atom stereocenters. The summed E-state index contributed by atoms with van der Waals surface area (Å²) in [6.45, 7) is 1.71. The second-order valence-electron chi connectivity index (χ2n) is 7.11. The molecule has 162 valence electrons. The molecule has 0 radical (unpaired) electrons. The van der Waals surface area contributed by atoms with Gasteiger partial charge in [-0.05, 0) is 41.5 Å². The number of rotatable bonds is 5. The maximum Gasteiger partial charge on any atom is 0.0668 e. The third kappa shape index (κ3) is 6.30. The summed E-state index contributed by atoms with van der Waals surface area (Å²) in [5.74, 6) is 0.931. The van der Waals surface area contributed by atoms with Gasteiger partial charge >= 0.3 is 0 Å². The maximum absolute atomic E-state index is 6.08. The molecule has 0 aromatic heterocycles. The van der Waals surface area contributed by atoms with E-state index in [2.05, 4.69) is 78.7 Å². The SMILES string of the molecule is CN1CCN=C(C=Cc2cc(N)ccc2SCc2ccccc2)c2ccccc21.Cl.Cl. The van der Waals surface area contributed by atoms with E-state index in [1.807, 2.05) is 30.0 Å². The van der Waals surface area contributed by atoms with Gasteiger partial charge in [0.05, 0.1) is 12.3 Å². The number of halogens is 2. The van der Waals surface area contributed by atoms with Crippen molar-refractivity contribution in [2.45, 2.75) is 10.6 Å². The lowest BCUT2D eigenvalue weighted by Gasteiger charge is -2.18. The van der Waals surface area contributed by atoms with Gasteiger partial charge in [-0.2, -0.15) is 0 Å². The summed E-state index contributed by atoms with van der Waals surface area (Å²) in [6, 6.07) is 25.1. The van der Waals surface area contributed by atoms with Crippen molar-refractivity contribution in [2.24, 2.45) is 4.99 Å². The van der Waals surface area contributed by atoms with Crippen LogP contribution in [0.5, 0.6) is 0 Å². The first-order valence-corrected chi connectivity index (χ1v) is 10.8. The molecule has 31 heavy (non-hydrogen) atoms. The van der Waals surface area contributed by atoms with Crippen LogP contribution in [0, 0.1) is 0 Å². The standard InChI is InChI=1S/C25H25N3S.2ClH/c1-28-16-15-27-23(22-9-5-6-10-24(22)28)13-11-20-17-21(26)12-14-25(20)29-18-19-7-3-2-4-8-19;;/h2-14,17H,15-16,18,26H2,1H3;2*1H. The monoisotopic (exact) mass is 471 g/mol. The summed E-state index contributed by atoms with van der Waals surface area (Å²) in [5.41, 5.74) is 12.7. The first-order chi connectivity index (χ1) is 14.2. The van der Waals surface area contributed by atoms with Gasteiger partial charge in [0, 0.05) is 41.2 Å². The molecule has 6 heteroatoms. The molecule has 4 rings (SSSR count). The first-order valence-electron chi connectivity index (χ1n) is 9.80. The number of nitrogens with two attached hydrogens (primary N) is 1. The number of nitrogen functional groups attached to an aromatic ring is 1. The highest BCUT2D eigenvalue weighted by Gasteiger charge is 2.13. The Morgan fingerprint density at radius 1 is 0.968 bits per heavy atom. The van der Waals surface area contributed by atoms with Crippen LogP contribution < -0.4 is 10.6 Å². The Bertz CT molecular complexity index is 1050. The van der Waals surface area contributed by atoms with Crippen LogP contribution >= 0.6 is 36.6 Å². The first kappa shape index (κ1) is 24.9. The molecule has 3 aromatic carbocycles. The van der Waals surface area contributed by atoms with Gasteiger partial charge in [-0.3, -0.25) is 4.99 Å². The molecule has 1 heterocycles. The van der Waals surface area contributed by atoms with E-state index < -0.39 is 0 Å². The zero-order valence-electron chi connectivity index (χ0n) is 17.4. The van der Waals surface area contributed by atoms with Crippen LogP contribution in [0.25, 0.3) is 6.08 Å². The second kappa shape index (κ2) is 11.8. The van der Waals surface area contributed by atoms with Crippen molar-refractivity contribution in [3.8, 4) is 0 Å². The number of allylic oxidation sites excluding steroid dienone is 1. The average Bonchev–Trinajstić information content (AvgIpc) is 2.91. The number of hydrogen-bond acceptors (Lipinski definition) is 4. The quantitative estimate of drug-likeness (QED) is 0.347. The molecular formula is C25H27Cl2N3S. The number of thioether (sulfide) groups is 1. The fourth-order valence-corrected chi connectivity index (χ4v) is 4.40. The van der Waals surface area contributed by atoms with E-state index >= 15 is 0 Å². The molecule has 1 aliphatic heterocycles. The number of hydrogen-bond donors (Lipinski definition) is 1. The van der Waals surface area contributed by atoms with E-state index in [1.165, 1.54) is 21.7 Å². The molecule has 2 N–H and O–H groups in total. The lowest BCUT2D eigenvalue weighted by atomic mass is 10.1. The number of fused-ring (bicyclic) bond motifs is 1. The summed E-state index contributed by atoms with van der Waals surface area (Å²) in [4.78, 5) is 8.31. The number of likely N-dealkylation sites (N-methyl/N-ethyl adjacent to an activating group) is 1. The molecule has 0 aliphatic carbocycles. The Morgan fingerprint density at radius 3 is 2.52 bits per heavy atom. The highest BCUT2D eigenvalue weighted by Crippen LogP contribution is 2.29. The van der Waals surface area contributed by atoms with Gasteiger partial charge in [0.2, 0.25) is 0 Å². The Labute approximate surface area is 201 Å². The summed E-state index contributed by atoms with van der Waals surface area (Å²) in [6.07, 6.45) is 4.27. The van der Waals surface area contributed by atoms with Crippen molar-refractivity contribution in [2.75, 3.05) is 30.8 Å². The predicted octanol–water partition coefficient (Wildman–Crippen LogP) is 6.36.